The van der Waals surface area contributed by atoms with Crippen molar-refractivity contribution in [1.29, 1.82) is 0 Å². The molecule has 0 aliphatic carbocycles. The molecule has 2 N–H and O–H groups in total. The first-order valence-corrected chi connectivity index (χ1v) is 7.88. The molecule has 2 rings (SSSR count). The lowest BCUT2D eigenvalue weighted by atomic mass is 10.2. The number of esters is 1. The van der Waals surface area contributed by atoms with Crippen LogP contribution < -0.4 is 10.6 Å². The zero-order chi connectivity index (χ0) is 18.4. The summed E-state index contributed by atoms with van der Waals surface area (Å²) in [5.74, 6) is -2.37. The molecule has 0 aliphatic rings. The highest BCUT2D eigenvalue weighted by molar-refractivity contribution is 6.41. The van der Waals surface area contributed by atoms with Crippen molar-refractivity contribution in [2.45, 2.75) is 6.54 Å². The highest BCUT2D eigenvalue weighted by Gasteiger charge is 2.17. The van der Waals surface area contributed by atoms with Crippen LogP contribution in [0.15, 0.2) is 42.5 Å². The quantitative estimate of drug-likeness (QED) is 0.630. The highest BCUT2D eigenvalue weighted by Crippen LogP contribution is 2.23. The number of halogens is 2. The summed E-state index contributed by atoms with van der Waals surface area (Å²) in [6, 6.07) is 11.1. The summed E-state index contributed by atoms with van der Waals surface area (Å²) in [6.45, 7) is 0.0991. The lowest BCUT2D eigenvalue weighted by molar-refractivity contribution is -0.136. The first-order valence-electron chi connectivity index (χ1n) is 7.13. The molecule has 8 heteroatoms. The molecule has 2 aromatic rings. The van der Waals surface area contributed by atoms with Crippen molar-refractivity contribution < 1.29 is 19.1 Å². The molecule has 2 aromatic carbocycles. The van der Waals surface area contributed by atoms with E-state index in [2.05, 4.69) is 15.4 Å². The molecule has 0 atom stereocenters. The molecule has 0 aliphatic heterocycles. The second kappa shape index (κ2) is 8.50. The van der Waals surface area contributed by atoms with Gasteiger partial charge in [0.2, 0.25) is 0 Å². The number of hydrogen-bond donors (Lipinski definition) is 2. The minimum atomic E-state index is -0.920. The van der Waals surface area contributed by atoms with Crippen molar-refractivity contribution in [3.8, 4) is 0 Å². The number of hydrogen-bond acceptors (Lipinski definition) is 4. The zero-order valence-corrected chi connectivity index (χ0v) is 14.6. The van der Waals surface area contributed by atoms with Gasteiger partial charge in [-0.05, 0) is 29.8 Å². The monoisotopic (exact) mass is 380 g/mol. The molecule has 0 radical (unpaired) electrons. The van der Waals surface area contributed by atoms with Crippen molar-refractivity contribution in [1.82, 2.24) is 5.32 Å². The van der Waals surface area contributed by atoms with Crippen LogP contribution in [0.5, 0.6) is 0 Å². The predicted molar refractivity (Wildman–Crippen MR) is 94.7 cm³/mol. The number of anilines is 1. The second-order valence-electron chi connectivity index (χ2n) is 4.91. The predicted octanol–water partition coefficient (Wildman–Crippen LogP) is 3.03. The van der Waals surface area contributed by atoms with E-state index in [4.69, 9.17) is 23.2 Å². The molecular weight excluding hydrogens is 367 g/mol. The molecular formula is C17H14Cl2N2O4. The third-order valence-corrected chi connectivity index (χ3v) is 3.94. The number of carbonyl (C=O) groups excluding carboxylic acids is 3. The van der Waals surface area contributed by atoms with Crippen LogP contribution in [-0.4, -0.2) is 24.9 Å². The molecule has 0 aromatic heterocycles. The van der Waals surface area contributed by atoms with Gasteiger partial charge in [0.25, 0.3) is 0 Å². The molecule has 0 heterocycles. The Labute approximate surface area is 154 Å². The number of nitrogens with one attached hydrogen (secondary N) is 2. The van der Waals surface area contributed by atoms with Crippen molar-refractivity contribution in [3.05, 3.63) is 63.6 Å². The Hall–Kier alpha value is -2.57. The van der Waals surface area contributed by atoms with Crippen LogP contribution in [0.1, 0.15) is 15.9 Å². The number of rotatable bonds is 4. The third kappa shape index (κ3) is 4.95. The van der Waals surface area contributed by atoms with E-state index >= 15 is 0 Å². The maximum atomic E-state index is 12.0. The highest BCUT2D eigenvalue weighted by atomic mass is 35.5. The van der Waals surface area contributed by atoms with Crippen LogP contribution in [-0.2, 0) is 20.9 Å². The van der Waals surface area contributed by atoms with Crippen LogP contribution in [0.2, 0.25) is 10.0 Å². The standard InChI is InChI=1S/C17H14Cl2N2O4/c1-25-17(24)10-6-7-13(19)14(8-10)21-16(23)15(22)20-9-11-4-2-3-5-12(11)18/h2-8H,9H2,1H3,(H,20,22)(H,21,23). The average molecular weight is 381 g/mol. The minimum Gasteiger partial charge on any atom is -0.465 e. The Bertz CT molecular complexity index is 824. The van der Waals surface area contributed by atoms with Crippen LogP contribution in [0.3, 0.4) is 0 Å². The van der Waals surface area contributed by atoms with E-state index in [0.717, 1.165) is 0 Å². The Morgan fingerprint density at radius 3 is 2.40 bits per heavy atom. The van der Waals surface area contributed by atoms with Gasteiger partial charge in [0.1, 0.15) is 0 Å². The summed E-state index contributed by atoms with van der Waals surface area (Å²) in [5, 5.41) is 5.48. The molecule has 25 heavy (non-hydrogen) atoms. The Morgan fingerprint density at radius 2 is 1.72 bits per heavy atom. The molecule has 2 amide bonds. The van der Waals surface area contributed by atoms with Crippen LogP contribution in [0, 0.1) is 0 Å². The second-order valence-corrected chi connectivity index (χ2v) is 5.73. The smallest absolute Gasteiger partial charge is 0.337 e. The fraction of sp³-hybridized carbons (Fsp3) is 0.118. The lowest BCUT2D eigenvalue weighted by Crippen LogP contribution is -2.35. The van der Waals surface area contributed by atoms with Gasteiger partial charge in [0.05, 0.1) is 23.4 Å². The number of amides is 2. The number of ether oxygens (including phenoxy) is 1. The van der Waals surface area contributed by atoms with Gasteiger partial charge >= 0.3 is 17.8 Å². The molecule has 0 spiro atoms. The summed E-state index contributed by atoms with van der Waals surface area (Å²) in [5.41, 5.74) is 0.997. The van der Waals surface area contributed by atoms with E-state index in [1.165, 1.54) is 25.3 Å². The molecule has 0 bridgehead atoms. The number of methoxy groups -OCH3 is 1. The number of benzene rings is 2. The van der Waals surface area contributed by atoms with Gasteiger partial charge in [0.15, 0.2) is 0 Å². The molecule has 0 saturated heterocycles. The van der Waals surface area contributed by atoms with Gasteiger partial charge in [-0.3, -0.25) is 9.59 Å². The van der Waals surface area contributed by atoms with Gasteiger partial charge < -0.3 is 15.4 Å². The van der Waals surface area contributed by atoms with E-state index in [1.54, 1.807) is 24.3 Å². The molecule has 0 unspecified atom stereocenters. The van der Waals surface area contributed by atoms with E-state index in [-0.39, 0.29) is 22.8 Å². The topological polar surface area (TPSA) is 84.5 Å². The Kier molecular flexibility index (Phi) is 6.38. The lowest BCUT2D eigenvalue weighted by Gasteiger charge is -2.10. The van der Waals surface area contributed by atoms with Gasteiger partial charge in [0, 0.05) is 11.6 Å². The first-order chi connectivity index (χ1) is 11.9. The largest absolute Gasteiger partial charge is 0.465 e. The fourth-order valence-electron chi connectivity index (χ4n) is 1.94. The van der Waals surface area contributed by atoms with Crippen molar-refractivity contribution >= 4 is 46.7 Å². The molecule has 130 valence electrons. The zero-order valence-electron chi connectivity index (χ0n) is 13.1. The molecule has 0 fully saturated rings. The van der Waals surface area contributed by atoms with Crippen LogP contribution in [0.4, 0.5) is 5.69 Å². The summed E-state index contributed by atoms with van der Waals surface area (Å²) < 4.78 is 4.60. The maximum Gasteiger partial charge on any atom is 0.337 e. The first kappa shape index (κ1) is 18.8. The van der Waals surface area contributed by atoms with E-state index < -0.39 is 17.8 Å². The van der Waals surface area contributed by atoms with E-state index in [1.807, 2.05) is 0 Å². The van der Waals surface area contributed by atoms with Gasteiger partial charge in [-0.1, -0.05) is 41.4 Å². The summed E-state index contributed by atoms with van der Waals surface area (Å²) in [4.78, 5) is 35.4. The Balaban J connectivity index is 2.02. The average Bonchev–Trinajstić information content (AvgIpc) is 2.61. The normalized spacial score (nSPS) is 10.0. The molecule has 6 nitrogen and oxygen atoms in total. The van der Waals surface area contributed by atoms with E-state index in [0.29, 0.717) is 10.6 Å². The van der Waals surface area contributed by atoms with Crippen LogP contribution >= 0.6 is 23.2 Å². The van der Waals surface area contributed by atoms with Crippen molar-refractivity contribution in [3.63, 3.8) is 0 Å². The molecule has 0 saturated carbocycles. The fourth-order valence-corrected chi connectivity index (χ4v) is 2.31. The maximum absolute atomic E-state index is 12.0. The SMILES string of the molecule is COC(=O)c1ccc(Cl)c(NC(=O)C(=O)NCc2ccccc2Cl)c1. The van der Waals surface area contributed by atoms with Crippen LogP contribution in [0.25, 0.3) is 0 Å². The minimum absolute atomic E-state index is 0.0991. The van der Waals surface area contributed by atoms with Gasteiger partial charge in [-0.25, -0.2) is 4.79 Å². The van der Waals surface area contributed by atoms with Crippen molar-refractivity contribution in [2.75, 3.05) is 12.4 Å². The van der Waals surface area contributed by atoms with E-state index in [9.17, 15) is 14.4 Å². The third-order valence-electron chi connectivity index (χ3n) is 3.24. The summed E-state index contributed by atoms with van der Waals surface area (Å²) in [7, 11) is 1.23. The summed E-state index contributed by atoms with van der Waals surface area (Å²) >= 11 is 12.0. The Morgan fingerprint density at radius 1 is 1.00 bits per heavy atom. The number of carbonyl (C=O) groups is 3. The van der Waals surface area contributed by atoms with Gasteiger partial charge in [-0.2, -0.15) is 0 Å². The van der Waals surface area contributed by atoms with Crippen molar-refractivity contribution in [2.24, 2.45) is 0 Å². The summed E-state index contributed by atoms with van der Waals surface area (Å²) in [6.07, 6.45) is 0. The van der Waals surface area contributed by atoms with Gasteiger partial charge in [-0.15, -0.1) is 0 Å².